The minimum absolute atomic E-state index is 0. The van der Waals surface area contributed by atoms with Gasteiger partial charge in [0.1, 0.15) is 0 Å². The third-order valence-corrected chi connectivity index (χ3v) is 1.65. The van der Waals surface area contributed by atoms with Crippen LogP contribution in [0.25, 0.3) is 0 Å². The van der Waals surface area contributed by atoms with Crippen LogP contribution >= 0.6 is 24.8 Å². The zero-order chi connectivity index (χ0) is 6.57. The molecule has 0 aliphatic carbocycles. The molecule has 0 radical (unpaired) electrons. The van der Waals surface area contributed by atoms with Gasteiger partial charge in [-0.15, -0.1) is 24.8 Å². The Bertz CT molecular complexity index is 53.7. The molecule has 0 spiro atoms. The van der Waals surface area contributed by atoms with E-state index in [9.17, 15) is 0 Å². The van der Waals surface area contributed by atoms with Crippen molar-refractivity contribution in [2.45, 2.75) is 26.3 Å². The van der Waals surface area contributed by atoms with E-state index in [0.29, 0.717) is 12.5 Å². The number of rotatable bonds is 3. The Labute approximate surface area is 75.5 Å². The van der Waals surface area contributed by atoms with Gasteiger partial charge in [-0.1, -0.05) is 20.3 Å². The van der Waals surface area contributed by atoms with Crippen molar-refractivity contribution in [3.05, 3.63) is 0 Å². The highest BCUT2D eigenvalue weighted by molar-refractivity contribution is 5.85. The van der Waals surface area contributed by atoms with Gasteiger partial charge in [0.05, 0.1) is 0 Å². The first kappa shape index (κ1) is 16.8. The molecule has 0 saturated carbocycles. The Hall–Kier alpha value is 0.500. The molecule has 2 unspecified atom stereocenters. The summed E-state index contributed by atoms with van der Waals surface area (Å²) >= 11 is 0. The van der Waals surface area contributed by atoms with E-state index in [1.54, 1.807) is 0 Å². The average Bonchev–Trinajstić information content (AvgIpc) is 1.84. The lowest BCUT2D eigenvalue weighted by atomic mass is 10.0. The van der Waals surface area contributed by atoms with Crippen LogP contribution in [0, 0.1) is 5.92 Å². The van der Waals surface area contributed by atoms with E-state index in [2.05, 4.69) is 13.8 Å². The summed E-state index contributed by atoms with van der Waals surface area (Å²) in [6.45, 7) is 4.85. The maximum atomic E-state index is 5.60. The van der Waals surface area contributed by atoms with Crippen LogP contribution < -0.4 is 11.5 Å². The Morgan fingerprint density at radius 2 is 1.70 bits per heavy atom. The molecule has 0 aromatic carbocycles. The van der Waals surface area contributed by atoms with Crippen molar-refractivity contribution in [2.24, 2.45) is 17.4 Å². The highest BCUT2D eigenvalue weighted by Crippen LogP contribution is 2.02. The fourth-order valence-electron chi connectivity index (χ4n) is 0.535. The molecule has 0 aromatic rings. The molecular weight excluding hydrogens is 171 g/mol. The zero-order valence-electron chi connectivity index (χ0n) is 6.54. The molecule has 0 heterocycles. The Morgan fingerprint density at radius 1 is 1.30 bits per heavy atom. The minimum atomic E-state index is 0. The molecule has 4 heteroatoms. The normalized spacial score (nSPS) is 14.4. The maximum absolute atomic E-state index is 5.60. The summed E-state index contributed by atoms with van der Waals surface area (Å²) in [6, 6.07) is 0.194. The van der Waals surface area contributed by atoms with Crippen molar-refractivity contribution in [2.75, 3.05) is 6.54 Å². The van der Waals surface area contributed by atoms with Crippen LogP contribution in [-0.2, 0) is 0 Å². The van der Waals surface area contributed by atoms with E-state index in [-0.39, 0.29) is 30.9 Å². The Balaban J connectivity index is -0.000000245. The van der Waals surface area contributed by atoms with Gasteiger partial charge in [-0.05, 0) is 5.92 Å². The fraction of sp³-hybridized carbons (Fsp3) is 1.00. The minimum Gasteiger partial charge on any atom is -0.329 e. The Kier molecular flexibility index (Phi) is 16.0. The van der Waals surface area contributed by atoms with Gasteiger partial charge in [-0.25, -0.2) is 0 Å². The predicted molar refractivity (Wildman–Crippen MR) is 51.0 cm³/mol. The van der Waals surface area contributed by atoms with Crippen molar-refractivity contribution < 1.29 is 0 Å². The molecule has 0 aliphatic heterocycles. The van der Waals surface area contributed by atoms with Gasteiger partial charge in [-0.3, -0.25) is 0 Å². The fourth-order valence-corrected chi connectivity index (χ4v) is 0.535. The van der Waals surface area contributed by atoms with Crippen molar-refractivity contribution >= 4 is 24.8 Å². The third-order valence-electron chi connectivity index (χ3n) is 1.65. The molecule has 2 atom stereocenters. The van der Waals surface area contributed by atoms with Crippen LogP contribution in [0.1, 0.15) is 20.3 Å². The molecule has 0 bridgehead atoms. The molecule has 0 rings (SSSR count). The summed E-state index contributed by atoms with van der Waals surface area (Å²) in [6.07, 6.45) is 1.12. The summed E-state index contributed by atoms with van der Waals surface area (Å²) in [5, 5.41) is 0. The van der Waals surface area contributed by atoms with Gasteiger partial charge in [0, 0.05) is 12.6 Å². The number of hydrogen-bond donors (Lipinski definition) is 2. The molecule has 10 heavy (non-hydrogen) atoms. The zero-order valence-corrected chi connectivity index (χ0v) is 8.17. The smallest absolute Gasteiger partial charge is 0.0188 e. The van der Waals surface area contributed by atoms with Gasteiger partial charge in [0.15, 0.2) is 0 Å². The van der Waals surface area contributed by atoms with E-state index in [0.717, 1.165) is 6.42 Å². The lowest BCUT2D eigenvalue weighted by Gasteiger charge is -2.14. The Morgan fingerprint density at radius 3 is 1.80 bits per heavy atom. The quantitative estimate of drug-likeness (QED) is 0.699. The van der Waals surface area contributed by atoms with Crippen molar-refractivity contribution in [1.29, 1.82) is 0 Å². The van der Waals surface area contributed by atoms with Crippen LogP contribution in [0.3, 0.4) is 0 Å². The average molecular weight is 189 g/mol. The van der Waals surface area contributed by atoms with E-state index >= 15 is 0 Å². The summed E-state index contributed by atoms with van der Waals surface area (Å²) in [4.78, 5) is 0. The topological polar surface area (TPSA) is 52.0 Å². The van der Waals surface area contributed by atoms with Crippen molar-refractivity contribution in [3.63, 3.8) is 0 Å². The predicted octanol–water partition coefficient (Wildman–Crippen LogP) is 1.16. The van der Waals surface area contributed by atoms with E-state index in [1.165, 1.54) is 0 Å². The van der Waals surface area contributed by atoms with Crippen LogP contribution in [-0.4, -0.2) is 12.6 Å². The molecule has 2 nitrogen and oxygen atoms in total. The second-order valence-electron chi connectivity index (χ2n) is 2.29. The van der Waals surface area contributed by atoms with Crippen LogP contribution in [0.15, 0.2) is 0 Å². The number of halogens is 2. The monoisotopic (exact) mass is 188 g/mol. The number of hydrogen-bond acceptors (Lipinski definition) is 2. The van der Waals surface area contributed by atoms with Gasteiger partial charge in [0.25, 0.3) is 0 Å². The SMILES string of the molecule is CCC(C)C(N)CN.Cl.Cl. The summed E-state index contributed by atoms with van der Waals surface area (Å²) in [5.74, 6) is 0.569. The number of nitrogens with two attached hydrogens (primary N) is 2. The lowest BCUT2D eigenvalue weighted by molar-refractivity contribution is 0.449. The molecule has 0 aliphatic rings. The molecular formula is C6H18Cl2N2. The standard InChI is InChI=1S/C6H16N2.2ClH/c1-3-5(2)6(8)4-7;;/h5-6H,3-4,7-8H2,1-2H3;2*1H. The van der Waals surface area contributed by atoms with Crippen molar-refractivity contribution in [1.82, 2.24) is 0 Å². The molecule has 66 valence electrons. The summed E-state index contributed by atoms with van der Waals surface area (Å²) < 4.78 is 0. The van der Waals surface area contributed by atoms with E-state index in [4.69, 9.17) is 11.5 Å². The molecule has 0 aromatic heterocycles. The van der Waals surface area contributed by atoms with Gasteiger partial charge >= 0.3 is 0 Å². The maximum Gasteiger partial charge on any atom is 0.0188 e. The second kappa shape index (κ2) is 9.50. The first-order valence-electron chi connectivity index (χ1n) is 3.18. The first-order valence-corrected chi connectivity index (χ1v) is 3.18. The first-order chi connectivity index (χ1) is 3.72. The third kappa shape index (κ3) is 6.62. The van der Waals surface area contributed by atoms with Crippen LogP contribution in [0.5, 0.6) is 0 Å². The summed E-state index contributed by atoms with van der Waals surface area (Å²) in [5.41, 5.74) is 10.9. The largest absolute Gasteiger partial charge is 0.329 e. The molecule has 0 amide bonds. The molecule has 4 N–H and O–H groups in total. The van der Waals surface area contributed by atoms with Gasteiger partial charge < -0.3 is 11.5 Å². The van der Waals surface area contributed by atoms with E-state index < -0.39 is 0 Å². The van der Waals surface area contributed by atoms with Crippen molar-refractivity contribution in [3.8, 4) is 0 Å². The van der Waals surface area contributed by atoms with E-state index in [1.807, 2.05) is 0 Å². The van der Waals surface area contributed by atoms with Crippen LogP contribution in [0.4, 0.5) is 0 Å². The van der Waals surface area contributed by atoms with Crippen LogP contribution in [0.2, 0.25) is 0 Å². The summed E-state index contributed by atoms with van der Waals surface area (Å²) in [7, 11) is 0. The highest BCUT2D eigenvalue weighted by atomic mass is 35.5. The molecule has 0 fully saturated rings. The second-order valence-corrected chi connectivity index (χ2v) is 2.29. The lowest BCUT2D eigenvalue weighted by Crippen LogP contribution is -2.35. The van der Waals surface area contributed by atoms with Gasteiger partial charge in [0.2, 0.25) is 0 Å². The van der Waals surface area contributed by atoms with Gasteiger partial charge in [-0.2, -0.15) is 0 Å². The molecule has 0 saturated heterocycles. The highest BCUT2D eigenvalue weighted by Gasteiger charge is 2.06.